The Bertz CT molecular complexity index is 255. The van der Waals surface area contributed by atoms with Crippen LogP contribution < -0.4 is 0 Å². The maximum Gasteiger partial charge on any atom is 0.0575 e. The Labute approximate surface area is 119 Å². The molecule has 2 aliphatic carbocycles. The molecule has 19 heavy (non-hydrogen) atoms. The first-order valence-corrected chi connectivity index (χ1v) is 8.56. The summed E-state index contributed by atoms with van der Waals surface area (Å²) in [4.78, 5) is 0. The fraction of sp³-hybridized carbons (Fsp3) is 0.889. The fourth-order valence-electron chi connectivity index (χ4n) is 4.19. The van der Waals surface area contributed by atoms with E-state index in [0.29, 0.717) is 6.10 Å². The van der Waals surface area contributed by atoms with E-state index < -0.39 is 0 Å². The Kier molecular flexibility index (Phi) is 6.43. The molecule has 0 heterocycles. The van der Waals surface area contributed by atoms with E-state index in [0.717, 1.165) is 24.4 Å². The largest absolute Gasteiger partial charge is 0.379 e. The third-order valence-electron chi connectivity index (χ3n) is 5.38. The van der Waals surface area contributed by atoms with Crippen molar-refractivity contribution in [1.29, 1.82) is 0 Å². The molecule has 0 unspecified atom stereocenters. The van der Waals surface area contributed by atoms with E-state index in [-0.39, 0.29) is 0 Å². The normalized spacial score (nSPS) is 36.7. The van der Waals surface area contributed by atoms with Crippen LogP contribution in [0.15, 0.2) is 12.2 Å². The quantitative estimate of drug-likeness (QED) is 0.608. The molecule has 0 aliphatic heterocycles. The summed E-state index contributed by atoms with van der Waals surface area (Å²) in [5.74, 6) is 3.02. The van der Waals surface area contributed by atoms with Gasteiger partial charge in [0.2, 0.25) is 0 Å². The number of ether oxygens (including phenoxy) is 1. The van der Waals surface area contributed by atoms with Gasteiger partial charge in [-0.15, -0.1) is 0 Å². The van der Waals surface area contributed by atoms with E-state index in [9.17, 15) is 0 Å². The molecule has 0 bridgehead atoms. The molecule has 0 aromatic heterocycles. The molecular formula is C18H32O. The van der Waals surface area contributed by atoms with E-state index >= 15 is 0 Å². The highest BCUT2D eigenvalue weighted by Crippen LogP contribution is 2.41. The number of hydrogen-bond donors (Lipinski definition) is 0. The van der Waals surface area contributed by atoms with E-state index in [2.05, 4.69) is 26.0 Å². The lowest BCUT2D eigenvalue weighted by Crippen LogP contribution is -2.28. The van der Waals surface area contributed by atoms with Gasteiger partial charge in [0.1, 0.15) is 0 Å². The van der Waals surface area contributed by atoms with E-state index in [1.54, 1.807) is 0 Å². The molecule has 0 aromatic rings. The molecular weight excluding hydrogens is 232 g/mol. The third kappa shape index (κ3) is 4.63. The molecule has 0 saturated heterocycles. The van der Waals surface area contributed by atoms with Crippen LogP contribution >= 0.6 is 0 Å². The molecule has 0 aromatic carbocycles. The van der Waals surface area contributed by atoms with Crippen molar-refractivity contribution in [2.45, 2.75) is 77.7 Å². The van der Waals surface area contributed by atoms with Crippen molar-refractivity contribution < 1.29 is 4.74 Å². The van der Waals surface area contributed by atoms with E-state index in [1.165, 1.54) is 57.8 Å². The van der Waals surface area contributed by atoms with Crippen LogP contribution in [0.2, 0.25) is 0 Å². The van der Waals surface area contributed by atoms with Gasteiger partial charge in [-0.25, -0.2) is 0 Å². The van der Waals surface area contributed by atoms with Gasteiger partial charge in [0.15, 0.2) is 0 Å². The summed E-state index contributed by atoms with van der Waals surface area (Å²) in [7, 11) is 0. The number of hydrogen-bond acceptors (Lipinski definition) is 1. The maximum absolute atomic E-state index is 5.77. The molecule has 1 heteroatoms. The van der Waals surface area contributed by atoms with Crippen LogP contribution in [0.5, 0.6) is 0 Å². The summed E-state index contributed by atoms with van der Waals surface area (Å²) in [6.45, 7) is 5.16. The monoisotopic (exact) mass is 264 g/mol. The van der Waals surface area contributed by atoms with Gasteiger partial charge in [-0.3, -0.25) is 0 Å². The molecule has 0 atom stereocenters. The zero-order chi connectivity index (χ0) is 13.5. The van der Waals surface area contributed by atoms with Gasteiger partial charge in [-0.1, -0.05) is 12.2 Å². The fourth-order valence-corrected chi connectivity index (χ4v) is 4.19. The smallest absolute Gasteiger partial charge is 0.0575 e. The molecule has 2 saturated carbocycles. The van der Waals surface area contributed by atoms with Crippen LogP contribution in [-0.4, -0.2) is 12.7 Å². The first-order chi connectivity index (χ1) is 9.33. The average molecular weight is 264 g/mol. The first kappa shape index (κ1) is 15.1. The molecule has 0 radical (unpaired) electrons. The molecule has 0 amide bonds. The lowest BCUT2D eigenvalue weighted by atomic mass is 9.70. The van der Waals surface area contributed by atoms with Crippen molar-refractivity contribution in [3.63, 3.8) is 0 Å². The Morgan fingerprint density at radius 1 is 0.895 bits per heavy atom. The molecule has 0 spiro atoms. The first-order valence-electron chi connectivity index (χ1n) is 8.56. The van der Waals surface area contributed by atoms with Crippen LogP contribution in [0.3, 0.4) is 0 Å². The summed E-state index contributed by atoms with van der Waals surface area (Å²) in [5, 5.41) is 0. The van der Waals surface area contributed by atoms with Crippen LogP contribution in [0.4, 0.5) is 0 Å². The van der Waals surface area contributed by atoms with Crippen molar-refractivity contribution >= 4 is 0 Å². The standard InChI is InChI=1S/C18H32O/c1-3-5-6-15-7-9-16(10-8-15)17-11-13-18(14-12-17)19-4-2/h3,5,15-18H,4,6-14H2,1-2H3/b5-3+. The van der Waals surface area contributed by atoms with Gasteiger partial charge in [0.25, 0.3) is 0 Å². The molecule has 110 valence electrons. The number of allylic oxidation sites excluding steroid dienone is 2. The van der Waals surface area contributed by atoms with Crippen molar-refractivity contribution in [1.82, 2.24) is 0 Å². The Hall–Kier alpha value is -0.300. The minimum Gasteiger partial charge on any atom is -0.379 e. The van der Waals surface area contributed by atoms with Gasteiger partial charge < -0.3 is 4.74 Å². The van der Waals surface area contributed by atoms with Gasteiger partial charge in [0, 0.05) is 6.61 Å². The molecule has 2 fully saturated rings. The van der Waals surface area contributed by atoms with Crippen LogP contribution in [-0.2, 0) is 4.74 Å². The van der Waals surface area contributed by atoms with Gasteiger partial charge in [-0.05, 0) is 89.4 Å². The average Bonchev–Trinajstić information content (AvgIpc) is 2.47. The second-order valence-electron chi connectivity index (χ2n) is 6.58. The Balaban J connectivity index is 1.68. The maximum atomic E-state index is 5.77. The van der Waals surface area contributed by atoms with Crippen LogP contribution in [0.25, 0.3) is 0 Å². The number of rotatable bonds is 5. The second kappa shape index (κ2) is 8.09. The zero-order valence-electron chi connectivity index (χ0n) is 12.9. The zero-order valence-corrected chi connectivity index (χ0v) is 12.9. The predicted molar refractivity (Wildman–Crippen MR) is 82.3 cm³/mol. The molecule has 2 aliphatic rings. The van der Waals surface area contributed by atoms with Crippen molar-refractivity contribution in [2.24, 2.45) is 17.8 Å². The van der Waals surface area contributed by atoms with Gasteiger partial charge in [-0.2, -0.15) is 0 Å². The molecule has 0 N–H and O–H groups in total. The van der Waals surface area contributed by atoms with Gasteiger partial charge >= 0.3 is 0 Å². The van der Waals surface area contributed by atoms with Gasteiger partial charge in [0.05, 0.1) is 6.10 Å². The summed E-state index contributed by atoms with van der Waals surface area (Å²) in [6.07, 6.45) is 17.9. The van der Waals surface area contributed by atoms with E-state index in [4.69, 9.17) is 4.74 Å². The second-order valence-corrected chi connectivity index (χ2v) is 6.58. The Morgan fingerprint density at radius 3 is 2.00 bits per heavy atom. The molecule has 2 rings (SSSR count). The van der Waals surface area contributed by atoms with Crippen LogP contribution in [0.1, 0.15) is 71.6 Å². The SMILES string of the molecule is C/C=C/CC1CCC(C2CCC(OCC)CC2)CC1. The predicted octanol–water partition coefficient (Wildman–Crippen LogP) is 5.35. The summed E-state index contributed by atoms with van der Waals surface area (Å²) in [5.41, 5.74) is 0. The van der Waals surface area contributed by atoms with Crippen molar-refractivity contribution in [3.8, 4) is 0 Å². The minimum atomic E-state index is 0.576. The van der Waals surface area contributed by atoms with Crippen molar-refractivity contribution in [3.05, 3.63) is 12.2 Å². The lowest BCUT2D eigenvalue weighted by molar-refractivity contribution is 0.0136. The summed E-state index contributed by atoms with van der Waals surface area (Å²) < 4.78 is 5.77. The highest BCUT2D eigenvalue weighted by atomic mass is 16.5. The highest BCUT2D eigenvalue weighted by molar-refractivity contribution is 4.86. The highest BCUT2D eigenvalue weighted by Gasteiger charge is 2.30. The van der Waals surface area contributed by atoms with Crippen molar-refractivity contribution in [2.75, 3.05) is 6.61 Å². The third-order valence-corrected chi connectivity index (χ3v) is 5.38. The van der Waals surface area contributed by atoms with Crippen LogP contribution in [0, 0.1) is 17.8 Å². The Morgan fingerprint density at radius 2 is 1.47 bits per heavy atom. The summed E-state index contributed by atoms with van der Waals surface area (Å²) in [6, 6.07) is 0. The topological polar surface area (TPSA) is 9.23 Å². The lowest BCUT2D eigenvalue weighted by Gasteiger charge is -2.37. The summed E-state index contributed by atoms with van der Waals surface area (Å²) >= 11 is 0. The van der Waals surface area contributed by atoms with E-state index in [1.807, 2.05) is 0 Å². The molecule has 1 nitrogen and oxygen atoms in total. The minimum absolute atomic E-state index is 0.576.